The molecule has 0 bridgehead atoms. The van der Waals surface area contributed by atoms with E-state index >= 15 is 0 Å². The number of likely N-dealkylation sites (N-methyl/N-ethyl adjacent to an activating group) is 1. The Hall–Kier alpha value is -0.120. The van der Waals surface area contributed by atoms with Crippen LogP contribution in [0, 0.1) is 5.92 Å². The summed E-state index contributed by atoms with van der Waals surface area (Å²) < 4.78 is 0. The molecule has 3 atom stereocenters. The van der Waals surface area contributed by atoms with Gasteiger partial charge >= 0.3 is 0 Å². The van der Waals surface area contributed by atoms with Gasteiger partial charge in [-0.25, -0.2) is 0 Å². The van der Waals surface area contributed by atoms with Crippen molar-refractivity contribution >= 4 is 0 Å². The minimum atomic E-state index is 0.129. The van der Waals surface area contributed by atoms with Gasteiger partial charge in [-0.3, -0.25) is 11.3 Å². The highest BCUT2D eigenvalue weighted by Gasteiger charge is 2.36. The first-order valence-corrected chi connectivity index (χ1v) is 5.57. The molecule has 0 saturated carbocycles. The Morgan fingerprint density at radius 2 is 1.86 bits per heavy atom. The molecule has 0 heterocycles. The predicted molar refractivity (Wildman–Crippen MR) is 62.9 cm³/mol. The van der Waals surface area contributed by atoms with Crippen LogP contribution in [0.1, 0.15) is 40.5 Å². The molecule has 0 saturated heterocycles. The fourth-order valence-electron chi connectivity index (χ4n) is 2.01. The molecule has 0 fully saturated rings. The second-order valence-corrected chi connectivity index (χ2v) is 4.64. The Labute approximate surface area is 89.0 Å². The summed E-state index contributed by atoms with van der Waals surface area (Å²) in [4.78, 5) is 2.27. The van der Waals surface area contributed by atoms with Gasteiger partial charge in [0.15, 0.2) is 0 Å². The molecule has 3 heteroatoms. The van der Waals surface area contributed by atoms with Crippen molar-refractivity contribution in [3.8, 4) is 0 Å². The largest absolute Gasteiger partial charge is 0.302 e. The molecule has 0 rings (SSSR count). The fourth-order valence-corrected chi connectivity index (χ4v) is 2.01. The average Bonchev–Trinajstić information content (AvgIpc) is 2.17. The predicted octanol–water partition coefficient (Wildman–Crippen LogP) is 1.59. The standard InChI is InChI=1S/C11H27N3/c1-7-9(3)10(13-12)11(4,8-2)14(5)6/h9-10,13H,7-8,12H2,1-6H3. The number of rotatable bonds is 6. The van der Waals surface area contributed by atoms with Crippen molar-refractivity contribution in [2.45, 2.75) is 52.1 Å². The van der Waals surface area contributed by atoms with E-state index < -0.39 is 0 Å². The van der Waals surface area contributed by atoms with Crippen LogP contribution in [0.2, 0.25) is 0 Å². The fraction of sp³-hybridized carbons (Fsp3) is 1.00. The minimum absolute atomic E-state index is 0.129. The molecular formula is C11H27N3. The van der Waals surface area contributed by atoms with Gasteiger partial charge < -0.3 is 4.90 Å². The molecule has 0 radical (unpaired) electrons. The van der Waals surface area contributed by atoms with Crippen LogP contribution in [-0.4, -0.2) is 30.6 Å². The van der Waals surface area contributed by atoms with E-state index in [0.29, 0.717) is 12.0 Å². The molecule has 14 heavy (non-hydrogen) atoms. The van der Waals surface area contributed by atoms with E-state index in [1.165, 1.54) is 0 Å². The normalized spacial score (nSPS) is 20.6. The Bertz CT molecular complexity index is 159. The molecule has 0 aliphatic carbocycles. The van der Waals surface area contributed by atoms with Gasteiger partial charge in [0, 0.05) is 11.6 Å². The summed E-state index contributed by atoms with van der Waals surface area (Å²) >= 11 is 0. The zero-order chi connectivity index (χ0) is 11.4. The molecule has 0 aliphatic heterocycles. The number of nitrogens with two attached hydrogens (primary N) is 1. The zero-order valence-corrected chi connectivity index (χ0v) is 10.6. The first-order chi connectivity index (χ1) is 6.43. The summed E-state index contributed by atoms with van der Waals surface area (Å²) in [6.07, 6.45) is 2.25. The molecule has 0 spiro atoms. The summed E-state index contributed by atoms with van der Waals surface area (Å²) in [6.45, 7) is 8.94. The average molecular weight is 201 g/mol. The summed E-state index contributed by atoms with van der Waals surface area (Å²) in [7, 11) is 4.24. The maximum absolute atomic E-state index is 5.67. The molecule has 0 aromatic rings. The second kappa shape index (κ2) is 5.69. The number of hydrogen-bond donors (Lipinski definition) is 2. The Morgan fingerprint density at radius 1 is 1.36 bits per heavy atom. The van der Waals surface area contributed by atoms with E-state index in [0.717, 1.165) is 12.8 Å². The first-order valence-electron chi connectivity index (χ1n) is 5.57. The van der Waals surface area contributed by atoms with Crippen molar-refractivity contribution in [1.29, 1.82) is 0 Å². The third-order valence-electron chi connectivity index (χ3n) is 3.80. The van der Waals surface area contributed by atoms with Crippen LogP contribution in [0.3, 0.4) is 0 Å². The van der Waals surface area contributed by atoms with Gasteiger partial charge in [0.2, 0.25) is 0 Å². The van der Waals surface area contributed by atoms with Crippen molar-refractivity contribution in [2.24, 2.45) is 11.8 Å². The monoisotopic (exact) mass is 201 g/mol. The summed E-state index contributed by atoms with van der Waals surface area (Å²) in [5.74, 6) is 6.26. The number of hydrogen-bond acceptors (Lipinski definition) is 3. The molecule has 0 aliphatic rings. The van der Waals surface area contributed by atoms with Gasteiger partial charge in [0.1, 0.15) is 0 Å². The van der Waals surface area contributed by atoms with Crippen LogP contribution < -0.4 is 11.3 Å². The number of nitrogens with one attached hydrogen (secondary N) is 1. The van der Waals surface area contributed by atoms with Crippen LogP contribution in [0.4, 0.5) is 0 Å². The maximum atomic E-state index is 5.67. The van der Waals surface area contributed by atoms with Crippen molar-refractivity contribution < 1.29 is 0 Å². The molecule has 0 amide bonds. The van der Waals surface area contributed by atoms with Gasteiger partial charge in [-0.1, -0.05) is 27.2 Å². The lowest BCUT2D eigenvalue weighted by molar-refractivity contribution is 0.0836. The summed E-state index contributed by atoms with van der Waals surface area (Å²) in [6, 6.07) is 0.340. The van der Waals surface area contributed by atoms with E-state index in [9.17, 15) is 0 Å². The van der Waals surface area contributed by atoms with Crippen LogP contribution in [0.15, 0.2) is 0 Å². The van der Waals surface area contributed by atoms with Gasteiger partial charge in [0.25, 0.3) is 0 Å². The molecule has 3 unspecified atom stereocenters. The number of hydrazine groups is 1. The Morgan fingerprint density at radius 3 is 2.07 bits per heavy atom. The van der Waals surface area contributed by atoms with E-state index in [1.54, 1.807) is 0 Å². The topological polar surface area (TPSA) is 41.3 Å². The van der Waals surface area contributed by atoms with E-state index in [1.807, 2.05) is 0 Å². The highest BCUT2D eigenvalue weighted by atomic mass is 15.3. The molecule has 0 aromatic heterocycles. The lowest BCUT2D eigenvalue weighted by Crippen LogP contribution is -2.61. The third-order valence-corrected chi connectivity index (χ3v) is 3.80. The zero-order valence-electron chi connectivity index (χ0n) is 10.6. The van der Waals surface area contributed by atoms with Crippen LogP contribution >= 0.6 is 0 Å². The lowest BCUT2D eigenvalue weighted by atomic mass is 9.80. The van der Waals surface area contributed by atoms with Crippen molar-refractivity contribution in [1.82, 2.24) is 10.3 Å². The van der Waals surface area contributed by atoms with E-state index in [-0.39, 0.29) is 5.54 Å². The smallest absolute Gasteiger partial charge is 0.0417 e. The molecular weight excluding hydrogens is 174 g/mol. The summed E-state index contributed by atoms with van der Waals surface area (Å²) in [5, 5.41) is 0. The highest BCUT2D eigenvalue weighted by Crippen LogP contribution is 2.26. The Kier molecular flexibility index (Phi) is 5.64. The SMILES string of the molecule is CCC(C)C(NN)C(C)(CC)N(C)C. The molecule has 86 valence electrons. The number of nitrogens with zero attached hydrogens (tertiary/aromatic N) is 1. The van der Waals surface area contributed by atoms with Crippen molar-refractivity contribution in [3.63, 3.8) is 0 Å². The third kappa shape index (κ3) is 2.69. The van der Waals surface area contributed by atoms with Crippen molar-refractivity contribution in [2.75, 3.05) is 14.1 Å². The highest BCUT2D eigenvalue weighted by molar-refractivity contribution is 4.95. The van der Waals surface area contributed by atoms with Crippen LogP contribution in [0.5, 0.6) is 0 Å². The molecule has 3 N–H and O–H groups in total. The molecule has 0 aromatic carbocycles. The Balaban J connectivity index is 4.76. The minimum Gasteiger partial charge on any atom is -0.302 e. The first kappa shape index (κ1) is 13.9. The maximum Gasteiger partial charge on any atom is 0.0417 e. The van der Waals surface area contributed by atoms with Crippen LogP contribution in [-0.2, 0) is 0 Å². The lowest BCUT2D eigenvalue weighted by Gasteiger charge is -2.45. The second-order valence-electron chi connectivity index (χ2n) is 4.64. The van der Waals surface area contributed by atoms with E-state index in [4.69, 9.17) is 5.84 Å². The van der Waals surface area contributed by atoms with Gasteiger partial charge in [-0.2, -0.15) is 0 Å². The van der Waals surface area contributed by atoms with Gasteiger partial charge in [-0.15, -0.1) is 0 Å². The quantitative estimate of drug-likeness (QED) is 0.506. The van der Waals surface area contributed by atoms with Gasteiger partial charge in [-0.05, 0) is 33.4 Å². The summed E-state index contributed by atoms with van der Waals surface area (Å²) in [5.41, 5.74) is 3.11. The molecule has 3 nitrogen and oxygen atoms in total. The van der Waals surface area contributed by atoms with Crippen LogP contribution in [0.25, 0.3) is 0 Å². The van der Waals surface area contributed by atoms with Gasteiger partial charge in [0.05, 0.1) is 0 Å². The van der Waals surface area contributed by atoms with Crippen molar-refractivity contribution in [3.05, 3.63) is 0 Å². The van der Waals surface area contributed by atoms with E-state index in [2.05, 4.69) is 52.1 Å².